The molecule has 4 nitrogen and oxygen atoms in total. The number of anilines is 1. The molecule has 1 fully saturated rings. The van der Waals surface area contributed by atoms with Crippen LogP contribution in [0.1, 0.15) is 19.3 Å². The highest BCUT2D eigenvalue weighted by molar-refractivity contribution is 5.92. The fourth-order valence-electron chi connectivity index (χ4n) is 2.46. The molecule has 1 heterocycles. The van der Waals surface area contributed by atoms with Gasteiger partial charge in [-0.2, -0.15) is 0 Å². The Morgan fingerprint density at radius 2 is 2.05 bits per heavy atom. The second-order valence-electron chi connectivity index (χ2n) is 4.95. The van der Waals surface area contributed by atoms with E-state index < -0.39 is 23.2 Å². The van der Waals surface area contributed by atoms with Gasteiger partial charge < -0.3 is 10.4 Å². The lowest BCUT2D eigenvalue weighted by atomic mass is 10.0. The molecule has 1 aromatic rings. The molecule has 20 heavy (non-hydrogen) atoms. The topological polar surface area (TPSA) is 52.6 Å². The maximum absolute atomic E-state index is 13.4. The third kappa shape index (κ3) is 3.52. The molecule has 1 aliphatic rings. The first-order valence-electron chi connectivity index (χ1n) is 6.70. The van der Waals surface area contributed by atoms with Crippen molar-refractivity contribution in [3.63, 3.8) is 0 Å². The maximum Gasteiger partial charge on any atom is 0.238 e. The molecule has 0 aromatic heterocycles. The van der Waals surface area contributed by atoms with Crippen molar-refractivity contribution in [3.05, 3.63) is 29.8 Å². The van der Waals surface area contributed by atoms with Crippen molar-refractivity contribution in [2.24, 2.45) is 0 Å². The van der Waals surface area contributed by atoms with E-state index in [1.165, 1.54) is 6.07 Å². The smallest absolute Gasteiger partial charge is 0.238 e. The SMILES string of the molecule is O=C(CN1CCCCC1CO)Nc1c(F)cccc1F. The summed E-state index contributed by atoms with van der Waals surface area (Å²) in [5.74, 6) is -2.07. The number of amides is 1. The number of hydrogen-bond donors (Lipinski definition) is 2. The summed E-state index contributed by atoms with van der Waals surface area (Å²) in [7, 11) is 0. The first-order chi connectivity index (χ1) is 9.61. The van der Waals surface area contributed by atoms with Crippen LogP contribution in [0.15, 0.2) is 18.2 Å². The number of nitrogens with zero attached hydrogens (tertiary/aromatic N) is 1. The zero-order valence-electron chi connectivity index (χ0n) is 11.1. The Bertz CT molecular complexity index is 462. The number of carbonyl (C=O) groups is 1. The second-order valence-corrected chi connectivity index (χ2v) is 4.95. The monoisotopic (exact) mass is 284 g/mol. The zero-order valence-corrected chi connectivity index (χ0v) is 11.1. The van der Waals surface area contributed by atoms with Crippen LogP contribution in [-0.4, -0.2) is 41.7 Å². The number of rotatable bonds is 4. The predicted octanol–water partition coefficient (Wildman–Crippen LogP) is 1.75. The molecule has 0 radical (unpaired) electrons. The third-order valence-electron chi connectivity index (χ3n) is 3.53. The van der Waals surface area contributed by atoms with Crippen molar-refractivity contribution in [1.29, 1.82) is 0 Å². The first-order valence-corrected chi connectivity index (χ1v) is 6.70. The van der Waals surface area contributed by atoms with Crippen LogP contribution in [0.5, 0.6) is 0 Å². The quantitative estimate of drug-likeness (QED) is 0.885. The zero-order chi connectivity index (χ0) is 14.5. The number of aliphatic hydroxyl groups excluding tert-OH is 1. The van der Waals surface area contributed by atoms with Gasteiger partial charge >= 0.3 is 0 Å². The van der Waals surface area contributed by atoms with E-state index in [4.69, 9.17) is 0 Å². The molecule has 110 valence electrons. The van der Waals surface area contributed by atoms with Gasteiger partial charge in [0, 0.05) is 6.04 Å². The highest BCUT2D eigenvalue weighted by Gasteiger charge is 2.24. The Morgan fingerprint density at radius 1 is 1.35 bits per heavy atom. The number of hydrogen-bond acceptors (Lipinski definition) is 3. The van der Waals surface area contributed by atoms with Crippen LogP contribution >= 0.6 is 0 Å². The lowest BCUT2D eigenvalue weighted by Crippen LogP contribution is -2.45. The lowest BCUT2D eigenvalue weighted by molar-refractivity contribution is -0.118. The highest BCUT2D eigenvalue weighted by Crippen LogP contribution is 2.19. The minimum absolute atomic E-state index is 0.0126. The molecule has 1 unspecified atom stereocenters. The van der Waals surface area contributed by atoms with Gasteiger partial charge in [0.15, 0.2) is 0 Å². The molecule has 0 aliphatic carbocycles. The predicted molar refractivity (Wildman–Crippen MR) is 71.3 cm³/mol. The summed E-state index contributed by atoms with van der Waals surface area (Å²) in [4.78, 5) is 13.7. The Morgan fingerprint density at radius 3 is 2.70 bits per heavy atom. The molecule has 1 aliphatic heterocycles. The van der Waals surface area contributed by atoms with Gasteiger partial charge in [0.05, 0.1) is 13.2 Å². The number of carbonyl (C=O) groups excluding carboxylic acids is 1. The van der Waals surface area contributed by atoms with E-state index in [0.717, 1.165) is 31.4 Å². The van der Waals surface area contributed by atoms with Crippen LogP contribution in [0.3, 0.4) is 0 Å². The fourth-order valence-corrected chi connectivity index (χ4v) is 2.46. The summed E-state index contributed by atoms with van der Waals surface area (Å²) in [6.07, 6.45) is 2.81. The molecule has 1 atom stereocenters. The Hall–Kier alpha value is -1.53. The Kier molecular flexibility index (Phi) is 5.03. The van der Waals surface area contributed by atoms with Gasteiger partial charge in [-0.05, 0) is 31.5 Å². The second kappa shape index (κ2) is 6.76. The van der Waals surface area contributed by atoms with Crippen LogP contribution in [-0.2, 0) is 4.79 Å². The van der Waals surface area contributed by atoms with Crippen molar-refractivity contribution >= 4 is 11.6 Å². The van der Waals surface area contributed by atoms with Gasteiger partial charge in [-0.15, -0.1) is 0 Å². The van der Waals surface area contributed by atoms with Gasteiger partial charge in [0.1, 0.15) is 17.3 Å². The number of halogens is 2. The van der Waals surface area contributed by atoms with Crippen molar-refractivity contribution < 1.29 is 18.7 Å². The van der Waals surface area contributed by atoms with E-state index in [1.54, 1.807) is 0 Å². The van der Waals surface area contributed by atoms with E-state index in [9.17, 15) is 18.7 Å². The normalized spacial score (nSPS) is 19.9. The van der Waals surface area contributed by atoms with Crippen molar-refractivity contribution in [1.82, 2.24) is 4.90 Å². The first kappa shape index (κ1) is 14.9. The number of likely N-dealkylation sites (tertiary alicyclic amines) is 1. The van der Waals surface area contributed by atoms with Crippen LogP contribution in [0, 0.1) is 11.6 Å². The Labute approximate surface area is 116 Å². The van der Waals surface area contributed by atoms with Crippen molar-refractivity contribution in [2.75, 3.05) is 25.0 Å². The summed E-state index contributed by atoms with van der Waals surface area (Å²) in [5, 5.41) is 11.5. The summed E-state index contributed by atoms with van der Waals surface area (Å²) in [6, 6.07) is 3.37. The van der Waals surface area contributed by atoms with Gasteiger partial charge in [-0.25, -0.2) is 8.78 Å². The van der Waals surface area contributed by atoms with Crippen LogP contribution in [0.25, 0.3) is 0 Å². The highest BCUT2D eigenvalue weighted by atomic mass is 19.1. The molecular formula is C14H18F2N2O2. The standard InChI is InChI=1S/C14H18F2N2O2/c15-11-5-3-6-12(16)14(11)17-13(20)8-18-7-2-1-4-10(18)9-19/h3,5-6,10,19H,1-2,4,7-9H2,(H,17,20). The summed E-state index contributed by atoms with van der Waals surface area (Å²) in [5.41, 5.74) is -0.421. The van der Waals surface area contributed by atoms with E-state index in [0.29, 0.717) is 6.54 Å². The van der Waals surface area contributed by atoms with Crippen molar-refractivity contribution in [3.8, 4) is 0 Å². The number of aliphatic hydroxyl groups is 1. The lowest BCUT2D eigenvalue weighted by Gasteiger charge is -2.33. The van der Waals surface area contributed by atoms with Crippen molar-refractivity contribution in [2.45, 2.75) is 25.3 Å². The molecule has 0 saturated carbocycles. The van der Waals surface area contributed by atoms with E-state index in [1.807, 2.05) is 4.90 Å². The Balaban J connectivity index is 1.98. The minimum Gasteiger partial charge on any atom is -0.395 e. The van der Waals surface area contributed by atoms with E-state index in [2.05, 4.69) is 5.32 Å². The fraction of sp³-hybridized carbons (Fsp3) is 0.500. The molecule has 0 bridgehead atoms. The van der Waals surface area contributed by atoms with E-state index in [-0.39, 0.29) is 19.2 Å². The average molecular weight is 284 g/mol. The largest absolute Gasteiger partial charge is 0.395 e. The molecule has 6 heteroatoms. The van der Waals surface area contributed by atoms with Gasteiger partial charge in [0.2, 0.25) is 5.91 Å². The molecule has 0 spiro atoms. The minimum atomic E-state index is -0.796. The molecule has 1 aromatic carbocycles. The number of benzene rings is 1. The molecule has 2 N–H and O–H groups in total. The van der Waals surface area contributed by atoms with Crippen LogP contribution in [0.2, 0.25) is 0 Å². The average Bonchev–Trinajstić information content (AvgIpc) is 2.44. The number of nitrogens with one attached hydrogen (secondary N) is 1. The number of piperidine rings is 1. The molecule has 2 rings (SSSR count). The van der Waals surface area contributed by atoms with E-state index >= 15 is 0 Å². The van der Waals surface area contributed by atoms with Gasteiger partial charge in [-0.1, -0.05) is 12.5 Å². The van der Waals surface area contributed by atoms with Gasteiger partial charge in [0.25, 0.3) is 0 Å². The summed E-state index contributed by atoms with van der Waals surface area (Å²) >= 11 is 0. The molecular weight excluding hydrogens is 266 g/mol. The summed E-state index contributed by atoms with van der Waals surface area (Å²) < 4.78 is 26.8. The number of para-hydroxylation sites is 1. The van der Waals surface area contributed by atoms with Crippen LogP contribution < -0.4 is 5.32 Å². The molecule has 1 saturated heterocycles. The summed E-state index contributed by atoms with van der Waals surface area (Å²) in [6.45, 7) is 0.721. The van der Waals surface area contributed by atoms with Gasteiger partial charge in [-0.3, -0.25) is 9.69 Å². The molecule has 1 amide bonds. The third-order valence-corrected chi connectivity index (χ3v) is 3.53. The van der Waals surface area contributed by atoms with Crippen LogP contribution in [0.4, 0.5) is 14.5 Å². The maximum atomic E-state index is 13.4.